The lowest BCUT2D eigenvalue weighted by Gasteiger charge is -2.04. The quantitative estimate of drug-likeness (QED) is 0.563. The van der Waals surface area contributed by atoms with E-state index in [1.807, 2.05) is 0 Å². The van der Waals surface area contributed by atoms with Crippen LogP contribution in [0.2, 0.25) is 0 Å². The van der Waals surface area contributed by atoms with Crippen molar-refractivity contribution in [3.8, 4) is 0 Å². The molecule has 0 unspecified atom stereocenters. The van der Waals surface area contributed by atoms with E-state index in [2.05, 4.69) is 31.9 Å². The fourth-order valence-corrected chi connectivity index (χ4v) is 1.50. The van der Waals surface area contributed by atoms with Gasteiger partial charge in [-0.15, -0.1) is 0 Å². The van der Waals surface area contributed by atoms with Gasteiger partial charge in [-0.1, -0.05) is 31.9 Å². The third-order valence-electron chi connectivity index (χ3n) is 1.98. The average molecular weight is 380 g/mol. The van der Waals surface area contributed by atoms with Gasteiger partial charge >= 0.3 is 11.9 Å². The van der Waals surface area contributed by atoms with Crippen molar-refractivity contribution in [3.63, 3.8) is 0 Å². The summed E-state index contributed by atoms with van der Waals surface area (Å²) < 4.78 is 9.87. The highest BCUT2D eigenvalue weighted by Gasteiger charge is 2.10. The highest BCUT2D eigenvalue weighted by Crippen LogP contribution is 2.07. The summed E-state index contributed by atoms with van der Waals surface area (Å²) >= 11 is 6.33. The maximum absolute atomic E-state index is 11.5. The van der Waals surface area contributed by atoms with Gasteiger partial charge in [-0.3, -0.25) is 0 Å². The molecule has 4 nitrogen and oxygen atoms in total. The lowest BCUT2D eigenvalue weighted by Crippen LogP contribution is -2.09. The number of hydrogen-bond donors (Lipinski definition) is 0. The van der Waals surface area contributed by atoms with Crippen molar-refractivity contribution >= 4 is 43.8 Å². The van der Waals surface area contributed by atoms with Crippen molar-refractivity contribution in [3.05, 3.63) is 35.4 Å². The smallest absolute Gasteiger partial charge is 0.338 e. The van der Waals surface area contributed by atoms with Crippen LogP contribution in [0.25, 0.3) is 0 Å². The maximum atomic E-state index is 11.5. The molecular formula is C12H12Br2O4. The van der Waals surface area contributed by atoms with E-state index in [9.17, 15) is 9.59 Å². The zero-order valence-electron chi connectivity index (χ0n) is 9.53. The first-order valence-electron chi connectivity index (χ1n) is 5.25. The SMILES string of the molecule is O=C(OCCBr)c1ccc(C(=O)OCCBr)cc1. The van der Waals surface area contributed by atoms with Gasteiger partial charge in [0.1, 0.15) is 13.2 Å². The normalized spacial score (nSPS) is 9.89. The van der Waals surface area contributed by atoms with E-state index in [0.717, 1.165) is 0 Å². The first-order valence-corrected chi connectivity index (χ1v) is 7.49. The number of carbonyl (C=O) groups is 2. The molecule has 1 aromatic carbocycles. The molecule has 6 heteroatoms. The fraction of sp³-hybridized carbons (Fsp3) is 0.333. The second-order valence-corrected chi connectivity index (χ2v) is 4.81. The average Bonchev–Trinajstić information content (AvgIpc) is 2.42. The summed E-state index contributed by atoms with van der Waals surface area (Å²) in [5.41, 5.74) is 0.820. The van der Waals surface area contributed by atoms with Gasteiger partial charge in [-0.2, -0.15) is 0 Å². The number of ether oxygens (including phenoxy) is 2. The Morgan fingerprint density at radius 1 is 0.833 bits per heavy atom. The molecule has 0 spiro atoms. The summed E-state index contributed by atoms with van der Waals surface area (Å²) in [6, 6.07) is 6.17. The molecule has 0 fully saturated rings. The lowest BCUT2D eigenvalue weighted by atomic mass is 10.1. The van der Waals surface area contributed by atoms with Crippen molar-refractivity contribution in [2.24, 2.45) is 0 Å². The first-order chi connectivity index (χ1) is 8.69. The molecule has 0 atom stereocenters. The number of benzene rings is 1. The van der Waals surface area contributed by atoms with Crippen molar-refractivity contribution in [1.29, 1.82) is 0 Å². The van der Waals surface area contributed by atoms with Crippen molar-refractivity contribution in [2.45, 2.75) is 0 Å². The summed E-state index contributed by atoms with van der Waals surface area (Å²) in [4.78, 5) is 23.0. The van der Waals surface area contributed by atoms with Gasteiger partial charge < -0.3 is 9.47 Å². The Morgan fingerprint density at radius 3 is 1.44 bits per heavy atom. The molecule has 0 bridgehead atoms. The van der Waals surface area contributed by atoms with Gasteiger partial charge in [0.25, 0.3) is 0 Å². The Bertz CT molecular complexity index is 364. The lowest BCUT2D eigenvalue weighted by molar-refractivity contribution is 0.0516. The summed E-state index contributed by atoms with van der Waals surface area (Å²) in [5, 5.41) is 1.19. The predicted molar refractivity (Wildman–Crippen MR) is 74.6 cm³/mol. The second-order valence-electron chi connectivity index (χ2n) is 3.23. The number of halogens is 2. The number of rotatable bonds is 6. The van der Waals surface area contributed by atoms with Crippen LogP contribution in [-0.4, -0.2) is 35.8 Å². The Kier molecular flexibility index (Phi) is 6.97. The Balaban J connectivity index is 2.62. The topological polar surface area (TPSA) is 52.6 Å². The molecule has 0 amide bonds. The van der Waals surface area contributed by atoms with E-state index in [1.54, 1.807) is 24.3 Å². The standard InChI is InChI=1S/C12H12Br2O4/c13-5-7-17-11(15)9-1-2-10(4-3-9)12(16)18-8-6-14/h1-4H,5-8H2. The predicted octanol–water partition coefficient (Wildman–Crippen LogP) is 2.79. The molecule has 0 N–H and O–H groups in total. The second kappa shape index (κ2) is 8.26. The molecule has 0 aliphatic carbocycles. The third kappa shape index (κ3) is 4.78. The van der Waals surface area contributed by atoms with Crippen LogP contribution in [0, 0.1) is 0 Å². The van der Waals surface area contributed by atoms with Gasteiger partial charge in [0.15, 0.2) is 0 Å². The van der Waals surface area contributed by atoms with Crippen LogP contribution in [0.15, 0.2) is 24.3 Å². The van der Waals surface area contributed by atoms with Crippen LogP contribution < -0.4 is 0 Å². The Labute approximate surface area is 122 Å². The van der Waals surface area contributed by atoms with Gasteiger partial charge in [0, 0.05) is 10.7 Å². The van der Waals surface area contributed by atoms with Crippen LogP contribution in [0.5, 0.6) is 0 Å². The Morgan fingerprint density at radius 2 is 1.17 bits per heavy atom. The van der Waals surface area contributed by atoms with E-state index in [1.165, 1.54) is 0 Å². The molecule has 0 saturated carbocycles. The van der Waals surface area contributed by atoms with Gasteiger partial charge in [0.05, 0.1) is 11.1 Å². The molecule has 18 heavy (non-hydrogen) atoms. The van der Waals surface area contributed by atoms with Gasteiger partial charge in [-0.05, 0) is 24.3 Å². The first kappa shape index (κ1) is 15.2. The van der Waals surface area contributed by atoms with E-state index in [4.69, 9.17) is 9.47 Å². The number of esters is 2. The largest absolute Gasteiger partial charge is 0.461 e. The zero-order valence-corrected chi connectivity index (χ0v) is 12.7. The van der Waals surface area contributed by atoms with Gasteiger partial charge in [0.2, 0.25) is 0 Å². The minimum Gasteiger partial charge on any atom is -0.461 e. The van der Waals surface area contributed by atoms with Crippen LogP contribution >= 0.6 is 31.9 Å². The molecule has 0 aliphatic rings. The highest BCUT2D eigenvalue weighted by atomic mass is 79.9. The minimum atomic E-state index is -0.408. The number of carbonyl (C=O) groups excluding carboxylic acids is 2. The number of alkyl halides is 2. The summed E-state index contributed by atoms with van der Waals surface area (Å²) in [6.45, 7) is 0.627. The molecule has 0 saturated heterocycles. The fourth-order valence-electron chi connectivity index (χ4n) is 1.17. The highest BCUT2D eigenvalue weighted by molar-refractivity contribution is 9.09. The van der Waals surface area contributed by atoms with Crippen LogP contribution in [0.3, 0.4) is 0 Å². The Hall–Kier alpha value is -0.880. The molecule has 0 aliphatic heterocycles. The third-order valence-corrected chi connectivity index (χ3v) is 2.62. The maximum Gasteiger partial charge on any atom is 0.338 e. The monoisotopic (exact) mass is 378 g/mol. The van der Waals surface area contributed by atoms with E-state index >= 15 is 0 Å². The molecule has 1 aromatic rings. The van der Waals surface area contributed by atoms with E-state index < -0.39 is 11.9 Å². The summed E-state index contributed by atoms with van der Waals surface area (Å²) in [6.07, 6.45) is 0. The summed E-state index contributed by atoms with van der Waals surface area (Å²) in [7, 11) is 0. The van der Waals surface area contributed by atoms with Crippen LogP contribution in [0.4, 0.5) is 0 Å². The van der Waals surface area contributed by atoms with Crippen molar-refractivity contribution in [2.75, 3.05) is 23.9 Å². The molecule has 1 rings (SSSR count). The molecule has 98 valence electrons. The van der Waals surface area contributed by atoms with Crippen LogP contribution in [0.1, 0.15) is 20.7 Å². The summed E-state index contributed by atoms with van der Waals surface area (Å²) in [5.74, 6) is -0.815. The van der Waals surface area contributed by atoms with Crippen LogP contribution in [-0.2, 0) is 9.47 Å². The number of hydrogen-bond acceptors (Lipinski definition) is 4. The van der Waals surface area contributed by atoms with E-state index in [0.29, 0.717) is 35.0 Å². The molecule has 0 heterocycles. The van der Waals surface area contributed by atoms with Gasteiger partial charge in [-0.25, -0.2) is 9.59 Å². The van der Waals surface area contributed by atoms with Crippen molar-refractivity contribution < 1.29 is 19.1 Å². The van der Waals surface area contributed by atoms with Crippen molar-refractivity contribution in [1.82, 2.24) is 0 Å². The molecular weight excluding hydrogens is 368 g/mol. The molecule has 0 aromatic heterocycles. The zero-order chi connectivity index (χ0) is 13.4. The van der Waals surface area contributed by atoms with E-state index in [-0.39, 0.29) is 0 Å². The molecule has 0 radical (unpaired) electrons. The minimum absolute atomic E-state index is 0.313.